The Kier molecular flexibility index (Phi) is 4.43. The molecule has 142 valence electrons. The van der Waals surface area contributed by atoms with Gasteiger partial charge in [-0.15, -0.1) is 0 Å². The Bertz CT molecular complexity index is 1150. The van der Waals surface area contributed by atoms with E-state index in [9.17, 15) is 4.79 Å². The van der Waals surface area contributed by atoms with Crippen LogP contribution in [-0.2, 0) is 7.05 Å². The molecule has 0 bridgehead atoms. The number of benzene rings is 1. The normalized spacial score (nSPS) is 12.3. The zero-order valence-electron chi connectivity index (χ0n) is 16.2. The predicted octanol–water partition coefficient (Wildman–Crippen LogP) is 3.76. The summed E-state index contributed by atoms with van der Waals surface area (Å²) in [7, 11) is 3.63. The summed E-state index contributed by atoms with van der Waals surface area (Å²) in [5, 5.41) is 9.01. The lowest BCUT2D eigenvalue weighted by molar-refractivity contribution is 0.0739. The van der Waals surface area contributed by atoms with Crippen molar-refractivity contribution < 1.29 is 9.32 Å². The summed E-state index contributed by atoms with van der Waals surface area (Å²) in [6.07, 6.45) is 5.15. The van der Waals surface area contributed by atoms with Crippen LogP contribution in [0.2, 0.25) is 0 Å². The quantitative estimate of drug-likeness (QED) is 0.543. The average molecular weight is 375 g/mol. The van der Waals surface area contributed by atoms with E-state index < -0.39 is 0 Å². The number of hydrogen-bond acceptors (Lipinski definition) is 5. The topological polar surface area (TPSA) is 77.0 Å². The number of fused-ring (bicyclic) bond motifs is 1. The largest absolute Gasteiger partial charge is 0.364 e. The Morgan fingerprint density at radius 3 is 2.75 bits per heavy atom. The maximum atomic E-state index is 13.4. The minimum atomic E-state index is -0.221. The molecule has 3 aromatic heterocycles. The van der Waals surface area contributed by atoms with Crippen molar-refractivity contribution >= 4 is 16.8 Å². The van der Waals surface area contributed by atoms with Crippen LogP contribution in [0.15, 0.2) is 53.5 Å². The number of carbonyl (C=O) groups is 1. The summed E-state index contributed by atoms with van der Waals surface area (Å²) in [4.78, 5) is 19.8. The Hall–Kier alpha value is -3.48. The van der Waals surface area contributed by atoms with Gasteiger partial charge in [0.1, 0.15) is 12.0 Å². The molecular weight excluding hydrogens is 354 g/mol. The summed E-state index contributed by atoms with van der Waals surface area (Å²) < 4.78 is 6.65. The van der Waals surface area contributed by atoms with Crippen molar-refractivity contribution in [3.8, 4) is 11.3 Å². The van der Waals surface area contributed by atoms with Crippen LogP contribution < -0.4 is 0 Å². The van der Waals surface area contributed by atoms with E-state index in [2.05, 4.69) is 10.3 Å². The van der Waals surface area contributed by atoms with Crippen molar-refractivity contribution in [3.63, 3.8) is 0 Å². The van der Waals surface area contributed by atoms with Crippen molar-refractivity contribution in [2.75, 3.05) is 7.05 Å². The van der Waals surface area contributed by atoms with Gasteiger partial charge >= 0.3 is 0 Å². The highest BCUT2D eigenvalue weighted by molar-refractivity contribution is 6.07. The van der Waals surface area contributed by atoms with E-state index >= 15 is 0 Å². The van der Waals surface area contributed by atoms with Gasteiger partial charge in [0.25, 0.3) is 5.91 Å². The minimum absolute atomic E-state index is 0.100. The summed E-state index contributed by atoms with van der Waals surface area (Å²) in [6, 6.07) is 9.32. The molecule has 4 rings (SSSR count). The van der Waals surface area contributed by atoms with Crippen LogP contribution in [0.1, 0.15) is 34.6 Å². The van der Waals surface area contributed by atoms with Gasteiger partial charge in [0.15, 0.2) is 0 Å². The number of pyridine rings is 1. The molecule has 0 spiro atoms. The second-order valence-corrected chi connectivity index (χ2v) is 6.99. The highest BCUT2D eigenvalue weighted by atomic mass is 16.5. The van der Waals surface area contributed by atoms with Gasteiger partial charge < -0.3 is 9.42 Å². The Balaban J connectivity index is 1.83. The predicted molar refractivity (Wildman–Crippen MR) is 106 cm³/mol. The molecule has 7 nitrogen and oxygen atoms in total. The van der Waals surface area contributed by atoms with E-state index in [0.717, 1.165) is 27.7 Å². The number of rotatable bonds is 4. The maximum Gasteiger partial charge on any atom is 0.254 e. The fraction of sp³-hybridized carbons (Fsp3) is 0.238. The molecule has 0 saturated carbocycles. The maximum absolute atomic E-state index is 13.4. The van der Waals surface area contributed by atoms with E-state index in [1.165, 1.54) is 6.26 Å². The molecule has 28 heavy (non-hydrogen) atoms. The molecule has 0 N–H and O–H groups in total. The molecule has 0 aliphatic rings. The van der Waals surface area contributed by atoms with Gasteiger partial charge in [0.2, 0.25) is 0 Å². The lowest BCUT2D eigenvalue weighted by Crippen LogP contribution is -2.30. The van der Waals surface area contributed by atoms with Gasteiger partial charge in [0.05, 0.1) is 29.0 Å². The molecule has 0 radical (unpaired) electrons. The average Bonchev–Trinajstić information content (AvgIpc) is 3.37. The van der Waals surface area contributed by atoms with Crippen LogP contribution in [0.5, 0.6) is 0 Å². The lowest BCUT2D eigenvalue weighted by atomic mass is 10.0. The van der Waals surface area contributed by atoms with Crippen molar-refractivity contribution in [3.05, 3.63) is 65.8 Å². The van der Waals surface area contributed by atoms with Gasteiger partial charge in [-0.25, -0.2) is 4.98 Å². The zero-order chi connectivity index (χ0) is 19.8. The first-order valence-corrected chi connectivity index (χ1v) is 9.02. The first-order valence-electron chi connectivity index (χ1n) is 9.02. The number of nitrogens with zero attached hydrogens (tertiary/aromatic N) is 5. The first-order chi connectivity index (χ1) is 13.4. The van der Waals surface area contributed by atoms with Crippen LogP contribution in [0.25, 0.3) is 22.2 Å². The Morgan fingerprint density at radius 1 is 1.25 bits per heavy atom. The third kappa shape index (κ3) is 3.15. The first kappa shape index (κ1) is 17.9. The van der Waals surface area contributed by atoms with Gasteiger partial charge in [0, 0.05) is 37.3 Å². The van der Waals surface area contributed by atoms with Crippen molar-refractivity contribution in [1.82, 2.24) is 24.8 Å². The van der Waals surface area contributed by atoms with Gasteiger partial charge in [-0.3, -0.25) is 9.48 Å². The van der Waals surface area contributed by atoms with Crippen molar-refractivity contribution in [2.24, 2.45) is 7.05 Å². The van der Waals surface area contributed by atoms with E-state index in [1.807, 2.05) is 51.4 Å². The molecule has 1 atom stereocenters. The highest BCUT2D eigenvalue weighted by Gasteiger charge is 2.23. The van der Waals surface area contributed by atoms with Crippen molar-refractivity contribution in [2.45, 2.75) is 19.9 Å². The van der Waals surface area contributed by atoms with Crippen molar-refractivity contribution in [1.29, 1.82) is 0 Å². The molecule has 4 aromatic rings. The molecule has 3 heterocycles. The smallest absolute Gasteiger partial charge is 0.254 e. The standard InChI is InChI=1S/C21H21N5O2/c1-13-5-6-16-17(21(27)26(4)14(2)18-7-8-28-24-18)10-19(23-20(16)9-13)15-11-22-25(3)12-15/h5-12,14H,1-4H3. The van der Waals surface area contributed by atoms with Crippen LogP contribution >= 0.6 is 0 Å². The second-order valence-electron chi connectivity index (χ2n) is 6.99. The van der Waals surface area contributed by atoms with Crippen LogP contribution in [0.4, 0.5) is 0 Å². The van der Waals surface area contributed by atoms with E-state index in [-0.39, 0.29) is 11.9 Å². The van der Waals surface area contributed by atoms with Crippen LogP contribution in [-0.4, -0.2) is 37.8 Å². The molecule has 7 heteroatoms. The molecule has 1 amide bonds. The zero-order valence-corrected chi connectivity index (χ0v) is 16.2. The van der Waals surface area contributed by atoms with E-state index in [0.29, 0.717) is 11.3 Å². The molecule has 0 aliphatic heterocycles. The number of carbonyl (C=O) groups excluding carboxylic acids is 1. The number of amides is 1. The summed E-state index contributed by atoms with van der Waals surface area (Å²) in [5.41, 5.74) is 4.77. The lowest BCUT2D eigenvalue weighted by Gasteiger charge is -2.24. The number of hydrogen-bond donors (Lipinski definition) is 0. The minimum Gasteiger partial charge on any atom is -0.364 e. The third-order valence-electron chi connectivity index (χ3n) is 4.98. The molecule has 0 fully saturated rings. The Morgan fingerprint density at radius 2 is 2.07 bits per heavy atom. The second kappa shape index (κ2) is 6.92. The fourth-order valence-corrected chi connectivity index (χ4v) is 3.22. The number of aryl methyl sites for hydroxylation is 2. The third-order valence-corrected chi connectivity index (χ3v) is 4.98. The molecular formula is C21H21N5O2. The van der Waals surface area contributed by atoms with E-state index in [1.54, 1.807) is 28.9 Å². The molecule has 1 unspecified atom stereocenters. The molecule has 1 aromatic carbocycles. The van der Waals surface area contributed by atoms with Gasteiger partial charge in [-0.1, -0.05) is 17.3 Å². The molecule has 0 saturated heterocycles. The van der Waals surface area contributed by atoms with Crippen LogP contribution in [0, 0.1) is 6.92 Å². The van der Waals surface area contributed by atoms with E-state index in [4.69, 9.17) is 9.51 Å². The summed E-state index contributed by atoms with van der Waals surface area (Å²) >= 11 is 0. The van der Waals surface area contributed by atoms with Crippen LogP contribution in [0.3, 0.4) is 0 Å². The summed E-state index contributed by atoms with van der Waals surface area (Å²) in [6.45, 7) is 3.93. The Labute approximate surface area is 162 Å². The van der Waals surface area contributed by atoms with Gasteiger partial charge in [-0.05, 0) is 31.5 Å². The summed E-state index contributed by atoms with van der Waals surface area (Å²) in [5.74, 6) is -0.100. The van der Waals surface area contributed by atoms with Gasteiger partial charge in [-0.2, -0.15) is 5.10 Å². The SMILES string of the molecule is Cc1ccc2c(C(=O)N(C)C(C)c3ccon3)cc(-c3cnn(C)c3)nc2c1. The monoisotopic (exact) mass is 375 g/mol. The highest BCUT2D eigenvalue weighted by Crippen LogP contribution is 2.28. The molecule has 0 aliphatic carbocycles. The number of aromatic nitrogens is 4. The fourth-order valence-electron chi connectivity index (χ4n) is 3.22.